The Balaban J connectivity index is 2.23. The molecule has 0 spiro atoms. The Labute approximate surface area is 82.8 Å². The van der Waals surface area contributed by atoms with E-state index in [1.165, 1.54) is 12.1 Å². The van der Waals surface area contributed by atoms with Crippen molar-refractivity contribution in [2.24, 2.45) is 0 Å². The summed E-state index contributed by atoms with van der Waals surface area (Å²) in [5.74, 6) is -0.258. The SMILES string of the molecule is OC1(c2ccc(F)cc2)CCNCC1. The zero-order valence-corrected chi connectivity index (χ0v) is 7.96. The lowest BCUT2D eigenvalue weighted by Crippen LogP contribution is -2.39. The van der Waals surface area contributed by atoms with Crippen LogP contribution < -0.4 is 5.32 Å². The van der Waals surface area contributed by atoms with E-state index in [4.69, 9.17) is 0 Å². The third-order valence-corrected chi connectivity index (χ3v) is 2.81. The highest BCUT2D eigenvalue weighted by molar-refractivity contribution is 5.23. The standard InChI is InChI=1S/C11H14FNO/c12-10-3-1-9(2-4-10)11(14)5-7-13-8-6-11/h1-4,13-14H,5-8H2. The molecule has 1 aromatic carbocycles. The first-order valence-electron chi connectivity index (χ1n) is 4.90. The second kappa shape index (κ2) is 3.67. The molecule has 2 rings (SSSR count). The summed E-state index contributed by atoms with van der Waals surface area (Å²) in [6.07, 6.45) is 1.39. The van der Waals surface area contributed by atoms with E-state index in [2.05, 4.69) is 5.32 Å². The van der Waals surface area contributed by atoms with Crippen LogP contribution in [0.2, 0.25) is 0 Å². The lowest BCUT2D eigenvalue weighted by atomic mass is 9.85. The summed E-state index contributed by atoms with van der Waals surface area (Å²) in [6.45, 7) is 1.63. The number of aliphatic hydroxyl groups is 1. The Morgan fingerprint density at radius 2 is 1.71 bits per heavy atom. The smallest absolute Gasteiger partial charge is 0.123 e. The first-order chi connectivity index (χ1) is 6.71. The van der Waals surface area contributed by atoms with Gasteiger partial charge in [0.2, 0.25) is 0 Å². The van der Waals surface area contributed by atoms with E-state index in [1.807, 2.05) is 0 Å². The molecule has 2 N–H and O–H groups in total. The molecule has 14 heavy (non-hydrogen) atoms. The normalized spacial score (nSPS) is 20.7. The Bertz CT molecular complexity index is 304. The van der Waals surface area contributed by atoms with Crippen molar-refractivity contribution < 1.29 is 9.50 Å². The summed E-state index contributed by atoms with van der Waals surface area (Å²) < 4.78 is 12.7. The fourth-order valence-electron chi connectivity index (χ4n) is 1.89. The van der Waals surface area contributed by atoms with Gasteiger partial charge in [-0.25, -0.2) is 4.39 Å². The van der Waals surface area contributed by atoms with Crippen molar-refractivity contribution in [3.05, 3.63) is 35.6 Å². The highest BCUT2D eigenvalue weighted by atomic mass is 19.1. The van der Waals surface area contributed by atoms with Crippen LogP contribution in [0.1, 0.15) is 18.4 Å². The van der Waals surface area contributed by atoms with Gasteiger partial charge in [0.15, 0.2) is 0 Å². The predicted octanol–water partition coefficient (Wildman–Crippen LogP) is 1.40. The van der Waals surface area contributed by atoms with E-state index in [9.17, 15) is 9.50 Å². The Hall–Kier alpha value is -0.930. The van der Waals surface area contributed by atoms with Crippen LogP contribution in [-0.4, -0.2) is 18.2 Å². The summed E-state index contributed by atoms with van der Waals surface area (Å²) in [5.41, 5.74) is 0.0549. The number of rotatable bonds is 1. The van der Waals surface area contributed by atoms with E-state index in [-0.39, 0.29) is 5.82 Å². The van der Waals surface area contributed by atoms with Crippen molar-refractivity contribution in [2.45, 2.75) is 18.4 Å². The molecule has 0 aromatic heterocycles. The molecule has 1 aliphatic rings. The van der Waals surface area contributed by atoms with Gasteiger partial charge in [0.1, 0.15) is 5.82 Å². The van der Waals surface area contributed by atoms with Gasteiger partial charge in [0.05, 0.1) is 5.60 Å². The van der Waals surface area contributed by atoms with E-state index in [0.29, 0.717) is 12.8 Å². The van der Waals surface area contributed by atoms with Gasteiger partial charge < -0.3 is 10.4 Å². The lowest BCUT2D eigenvalue weighted by Gasteiger charge is -2.32. The number of benzene rings is 1. The van der Waals surface area contributed by atoms with Gasteiger partial charge in [-0.3, -0.25) is 0 Å². The third kappa shape index (κ3) is 1.79. The van der Waals surface area contributed by atoms with Gasteiger partial charge in [-0.2, -0.15) is 0 Å². The topological polar surface area (TPSA) is 32.3 Å². The molecule has 1 saturated heterocycles. The van der Waals surface area contributed by atoms with Gasteiger partial charge in [-0.1, -0.05) is 12.1 Å². The largest absolute Gasteiger partial charge is 0.385 e. The highest BCUT2D eigenvalue weighted by Crippen LogP contribution is 2.30. The molecule has 0 unspecified atom stereocenters. The minimum atomic E-state index is -0.765. The van der Waals surface area contributed by atoms with Gasteiger partial charge in [-0.05, 0) is 43.6 Å². The molecular weight excluding hydrogens is 181 g/mol. The maximum absolute atomic E-state index is 12.7. The Morgan fingerprint density at radius 1 is 1.14 bits per heavy atom. The molecule has 0 bridgehead atoms. The van der Waals surface area contributed by atoms with Crippen molar-refractivity contribution >= 4 is 0 Å². The summed E-state index contributed by atoms with van der Waals surface area (Å²) in [7, 11) is 0. The average Bonchev–Trinajstić information content (AvgIpc) is 2.19. The monoisotopic (exact) mass is 195 g/mol. The van der Waals surface area contributed by atoms with Crippen molar-refractivity contribution in [2.75, 3.05) is 13.1 Å². The molecule has 0 aliphatic carbocycles. The molecule has 1 aliphatic heterocycles. The second-order valence-corrected chi connectivity index (χ2v) is 3.79. The molecule has 0 atom stereocenters. The zero-order chi connectivity index (χ0) is 10.0. The van der Waals surface area contributed by atoms with Crippen LogP contribution >= 0.6 is 0 Å². The van der Waals surface area contributed by atoms with Gasteiger partial charge in [-0.15, -0.1) is 0 Å². The van der Waals surface area contributed by atoms with Crippen LogP contribution in [0.25, 0.3) is 0 Å². The predicted molar refractivity (Wildman–Crippen MR) is 52.4 cm³/mol. The molecule has 1 fully saturated rings. The second-order valence-electron chi connectivity index (χ2n) is 3.79. The summed E-state index contributed by atoms with van der Waals surface area (Å²) >= 11 is 0. The third-order valence-electron chi connectivity index (χ3n) is 2.81. The summed E-state index contributed by atoms with van der Waals surface area (Å²) in [4.78, 5) is 0. The molecule has 3 heteroatoms. The quantitative estimate of drug-likeness (QED) is 0.710. The van der Waals surface area contributed by atoms with Gasteiger partial charge >= 0.3 is 0 Å². The van der Waals surface area contributed by atoms with Gasteiger partial charge in [0, 0.05) is 0 Å². The van der Waals surface area contributed by atoms with Crippen LogP contribution in [0.5, 0.6) is 0 Å². The lowest BCUT2D eigenvalue weighted by molar-refractivity contribution is 0.00589. The number of hydrogen-bond donors (Lipinski definition) is 2. The molecule has 76 valence electrons. The van der Waals surface area contributed by atoms with Crippen LogP contribution in [0.15, 0.2) is 24.3 Å². The van der Waals surface area contributed by atoms with Crippen molar-refractivity contribution in [3.8, 4) is 0 Å². The zero-order valence-electron chi connectivity index (χ0n) is 7.96. The average molecular weight is 195 g/mol. The summed E-state index contributed by atoms with van der Waals surface area (Å²) in [5, 5.41) is 13.5. The van der Waals surface area contributed by atoms with Crippen molar-refractivity contribution in [1.29, 1.82) is 0 Å². The van der Waals surface area contributed by atoms with E-state index in [1.54, 1.807) is 12.1 Å². The first kappa shape index (κ1) is 9.62. The fourth-order valence-corrected chi connectivity index (χ4v) is 1.89. The fraction of sp³-hybridized carbons (Fsp3) is 0.455. The maximum atomic E-state index is 12.7. The summed E-state index contributed by atoms with van der Waals surface area (Å²) in [6, 6.07) is 6.13. The van der Waals surface area contributed by atoms with Crippen LogP contribution in [0.4, 0.5) is 4.39 Å². The van der Waals surface area contributed by atoms with E-state index < -0.39 is 5.60 Å². The first-order valence-corrected chi connectivity index (χ1v) is 4.90. The maximum Gasteiger partial charge on any atom is 0.123 e. The number of halogens is 1. The molecule has 0 saturated carbocycles. The molecule has 0 amide bonds. The van der Waals surface area contributed by atoms with Crippen LogP contribution in [0, 0.1) is 5.82 Å². The molecule has 1 aromatic rings. The number of piperidine rings is 1. The van der Waals surface area contributed by atoms with E-state index >= 15 is 0 Å². The molecular formula is C11H14FNO. The van der Waals surface area contributed by atoms with Gasteiger partial charge in [0.25, 0.3) is 0 Å². The van der Waals surface area contributed by atoms with Crippen molar-refractivity contribution in [1.82, 2.24) is 5.32 Å². The van der Waals surface area contributed by atoms with Crippen molar-refractivity contribution in [3.63, 3.8) is 0 Å². The van der Waals surface area contributed by atoms with Crippen LogP contribution in [0.3, 0.4) is 0 Å². The minimum absolute atomic E-state index is 0.258. The Kier molecular flexibility index (Phi) is 2.52. The van der Waals surface area contributed by atoms with E-state index in [0.717, 1.165) is 18.7 Å². The number of nitrogens with one attached hydrogen (secondary N) is 1. The minimum Gasteiger partial charge on any atom is -0.385 e. The highest BCUT2D eigenvalue weighted by Gasteiger charge is 2.30. The van der Waals surface area contributed by atoms with Crippen LogP contribution in [-0.2, 0) is 5.60 Å². The molecule has 0 radical (unpaired) electrons. The molecule has 1 heterocycles. The molecule has 2 nitrogen and oxygen atoms in total. The number of hydrogen-bond acceptors (Lipinski definition) is 2. The Morgan fingerprint density at radius 3 is 2.29 bits per heavy atom.